The molecule has 0 fully saturated rings. The zero-order valence-corrected chi connectivity index (χ0v) is 17.0. The van der Waals surface area contributed by atoms with Crippen LogP contribution < -0.4 is 16.1 Å². The standard InChI is InChI=1S/C20H31N3O5/c1-12(2)11-14(15(24)18(26)23-28)17(25)22-16(19(27)21-5)20(3,4)13-9-7-6-8-10-13/h6-10,12,14-16,24,28H,11H2,1-5H3,(H,21,27)(H,22,25)(H,23,26). The van der Waals surface area contributed by atoms with Crippen LogP contribution in [0.4, 0.5) is 0 Å². The number of hydrogen-bond donors (Lipinski definition) is 5. The number of benzene rings is 1. The molecule has 0 radical (unpaired) electrons. The van der Waals surface area contributed by atoms with Gasteiger partial charge in [0.05, 0.1) is 5.92 Å². The monoisotopic (exact) mass is 393 g/mol. The number of likely N-dealkylation sites (N-methyl/N-ethyl adjacent to an activating group) is 1. The Bertz CT molecular complexity index is 676. The Hall–Kier alpha value is -2.45. The third kappa shape index (κ3) is 5.77. The highest BCUT2D eigenvalue weighted by atomic mass is 16.5. The molecule has 0 saturated carbocycles. The number of aliphatic hydroxyl groups excluding tert-OH is 1. The summed E-state index contributed by atoms with van der Waals surface area (Å²) >= 11 is 0. The minimum atomic E-state index is -1.74. The second-order valence-electron chi connectivity index (χ2n) is 7.80. The average molecular weight is 393 g/mol. The summed E-state index contributed by atoms with van der Waals surface area (Å²) in [5.74, 6) is -3.23. The van der Waals surface area contributed by atoms with Gasteiger partial charge in [0, 0.05) is 12.5 Å². The van der Waals surface area contributed by atoms with Crippen molar-refractivity contribution >= 4 is 17.7 Å². The summed E-state index contributed by atoms with van der Waals surface area (Å²) in [6.45, 7) is 7.34. The Balaban J connectivity index is 3.20. The molecule has 0 bridgehead atoms. The van der Waals surface area contributed by atoms with Gasteiger partial charge in [0.15, 0.2) is 0 Å². The molecule has 0 aliphatic carbocycles. The van der Waals surface area contributed by atoms with Gasteiger partial charge in [0.1, 0.15) is 12.1 Å². The lowest BCUT2D eigenvalue weighted by atomic mass is 9.76. The number of aliphatic hydroxyl groups is 1. The van der Waals surface area contributed by atoms with E-state index in [0.29, 0.717) is 0 Å². The Labute approximate surface area is 165 Å². The molecular weight excluding hydrogens is 362 g/mol. The van der Waals surface area contributed by atoms with Crippen molar-refractivity contribution in [2.45, 2.75) is 51.7 Å². The Morgan fingerprint density at radius 2 is 1.61 bits per heavy atom. The minimum absolute atomic E-state index is 0.00234. The number of carbonyl (C=O) groups is 3. The van der Waals surface area contributed by atoms with Crippen LogP contribution in [0.2, 0.25) is 0 Å². The summed E-state index contributed by atoms with van der Waals surface area (Å²) in [6, 6.07) is 8.33. The maximum atomic E-state index is 12.9. The van der Waals surface area contributed by atoms with Gasteiger partial charge in [-0.25, -0.2) is 5.48 Å². The van der Waals surface area contributed by atoms with Gasteiger partial charge in [-0.3, -0.25) is 19.6 Å². The molecule has 8 nitrogen and oxygen atoms in total. The van der Waals surface area contributed by atoms with Crippen molar-refractivity contribution in [2.24, 2.45) is 11.8 Å². The van der Waals surface area contributed by atoms with Gasteiger partial charge in [-0.15, -0.1) is 0 Å². The molecule has 0 aliphatic heterocycles. The van der Waals surface area contributed by atoms with E-state index in [0.717, 1.165) is 5.56 Å². The topological polar surface area (TPSA) is 128 Å². The maximum absolute atomic E-state index is 12.9. The average Bonchev–Trinajstić information content (AvgIpc) is 2.68. The third-order valence-electron chi connectivity index (χ3n) is 4.86. The summed E-state index contributed by atoms with van der Waals surface area (Å²) in [5, 5.41) is 24.2. The normalized spacial score (nSPS) is 14.7. The van der Waals surface area contributed by atoms with Crippen molar-refractivity contribution in [1.82, 2.24) is 16.1 Å². The summed E-state index contributed by atoms with van der Waals surface area (Å²) in [5.41, 5.74) is 1.45. The molecule has 0 aliphatic rings. The molecule has 5 N–H and O–H groups in total. The number of hydrogen-bond acceptors (Lipinski definition) is 5. The van der Waals surface area contributed by atoms with E-state index in [1.54, 1.807) is 0 Å². The molecule has 0 saturated heterocycles. The van der Waals surface area contributed by atoms with Gasteiger partial charge < -0.3 is 15.7 Å². The lowest BCUT2D eigenvalue weighted by molar-refractivity contribution is -0.147. The van der Waals surface area contributed by atoms with Crippen LogP contribution in [0.5, 0.6) is 0 Å². The molecule has 156 valence electrons. The van der Waals surface area contributed by atoms with Crippen LogP contribution in [0.25, 0.3) is 0 Å². The first-order valence-electron chi connectivity index (χ1n) is 9.25. The Kier molecular flexibility index (Phi) is 8.59. The highest BCUT2D eigenvalue weighted by Crippen LogP contribution is 2.28. The van der Waals surface area contributed by atoms with Crippen LogP contribution in [0.15, 0.2) is 30.3 Å². The Morgan fingerprint density at radius 1 is 1.04 bits per heavy atom. The lowest BCUT2D eigenvalue weighted by Gasteiger charge is -2.35. The van der Waals surface area contributed by atoms with Crippen LogP contribution >= 0.6 is 0 Å². The number of carbonyl (C=O) groups excluding carboxylic acids is 3. The third-order valence-corrected chi connectivity index (χ3v) is 4.86. The number of rotatable bonds is 9. The molecule has 3 atom stereocenters. The van der Waals surface area contributed by atoms with Gasteiger partial charge >= 0.3 is 0 Å². The van der Waals surface area contributed by atoms with Crippen LogP contribution in [-0.2, 0) is 19.8 Å². The zero-order valence-electron chi connectivity index (χ0n) is 17.0. The fourth-order valence-corrected chi connectivity index (χ4v) is 3.14. The largest absolute Gasteiger partial charge is 0.382 e. The number of nitrogens with one attached hydrogen (secondary N) is 3. The fourth-order valence-electron chi connectivity index (χ4n) is 3.14. The number of amides is 3. The second-order valence-corrected chi connectivity index (χ2v) is 7.80. The quantitative estimate of drug-likeness (QED) is 0.312. The molecule has 3 unspecified atom stereocenters. The molecule has 8 heteroatoms. The molecule has 0 spiro atoms. The predicted molar refractivity (Wildman–Crippen MR) is 104 cm³/mol. The lowest BCUT2D eigenvalue weighted by Crippen LogP contribution is -2.58. The van der Waals surface area contributed by atoms with E-state index in [9.17, 15) is 19.5 Å². The summed E-state index contributed by atoms with van der Waals surface area (Å²) in [7, 11) is 1.47. The van der Waals surface area contributed by atoms with E-state index in [-0.39, 0.29) is 12.3 Å². The van der Waals surface area contributed by atoms with Gasteiger partial charge in [-0.05, 0) is 17.9 Å². The van der Waals surface area contributed by atoms with E-state index >= 15 is 0 Å². The number of hydroxylamine groups is 1. The van der Waals surface area contributed by atoms with Gasteiger partial charge in [-0.2, -0.15) is 0 Å². The maximum Gasteiger partial charge on any atom is 0.272 e. The van der Waals surface area contributed by atoms with E-state index < -0.39 is 41.2 Å². The van der Waals surface area contributed by atoms with Crippen LogP contribution in [0, 0.1) is 11.8 Å². The molecule has 1 aromatic rings. The van der Waals surface area contributed by atoms with Crippen molar-refractivity contribution < 1.29 is 24.7 Å². The molecule has 3 amide bonds. The molecule has 28 heavy (non-hydrogen) atoms. The van der Waals surface area contributed by atoms with E-state index in [4.69, 9.17) is 5.21 Å². The van der Waals surface area contributed by atoms with Crippen LogP contribution in [0.1, 0.15) is 39.7 Å². The highest BCUT2D eigenvalue weighted by molar-refractivity contribution is 5.93. The first kappa shape index (κ1) is 23.6. The van der Waals surface area contributed by atoms with Gasteiger partial charge in [0.25, 0.3) is 5.91 Å². The van der Waals surface area contributed by atoms with Gasteiger partial charge in [-0.1, -0.05) is 58.0 Å². The highest BCUT2D eigenvalue weighted by Gasteiger charge is 2.40. The Morgan fingerprint density at radius 3 is 2.07 bits per heavy atom. The van der Waals surface area contributed by atoms with Crippen LogP contribution in [-0.4, -0.2) is 47.2 Å². The summed E-state index contributed by atoms with van der Waals surface area (Å²) in [6.07, 6.45) is -1.54. The van der Waals surface area contributed by atoms with Crippen LogP contribution in [0.3, 0.4) is 0 Å². The SMILES string of the molecule is CNC(=O)C(NC(=O)C(CC(C)C)C(O)C(=O)NO)C(C)(C)c1ccccc1. The molecule has 1 rings (SSSR count). The first-order valence-corrected chi connectivity index (χ1v) is 9.25. The first-order chi connectivity index (χ1) is 13.1. The summed E-state index contributed by atoms with van der Waals surface area (Å²) < 4.78 is 0. The minimum Gasteiger partial charge on any atom is -0.382 e. The van der Waals surface area contributed by atoms with Gasteiger partial charge in [0.2, 0.25) is 11.8 Å². The predicted octanol–water partition coefficient (Wildman–Crippen LogP) is 0.724. The van der Waals surface area contributed by atoms with Crippen molar-refractivity contribution in [2.75, 3.05) is 7.05 Å². The van der Waals surface area contributed by atoms with Crippen molar-refractivity contribution in [3.8, 4) is 0 Å². The molecule has 0 aromatic heterocycles. The molecule has 0 heterocycles. The zero-order chi connectivity index (χ0) is 21.5. The fraction of sp³-hybridized carbons (Fsp3) is 0.550. The van der Waals surface area contributed by atoms with Crippen molar-refractivity contribution in [3.63, 3.8) is 0 Å². The van der Waals surface area contributed by atoms with E-state index in [2.05, 4.69) is 10.6 Å². The molecule has 1 aromatic carbocycles. The summed E-state index contributed by atoms with van der Waals surface area (Å²) in [4.78, 5) is 37.2. The van der Waals surface area contributed by atoms with Crippen molar-refractivity contribution in [1.29, 1.82) is 0 Å². The van der Waals surface area contributed by atoms with Crippen molar-refractivity contribution in [3.05, 3.63) is 35.9 Å². The second kappa shape index (κ2) is 10.2. The van der Waals surface area contributed by atoms with E-state index in [1.807, 2.05) is 58.0 Å². The molecular formula is C20H31N3O5. The van der Waals surface area contributed by atoms with E-state index in [1.165, 1.54) is 12.5 Å². The smallest absolute Gasteiger partial charge is 0.272 e.